The number of ether oxygens (including phenoxy) is 2. The molecule has 2 spiro atoms. The third-order valence-corrected chi connectivity index (χ3v) is 15.8. The number of nitrogens with two attached hydrogens (primary N) is 1. The van der Waals surface area contributed by atoms with Gasteiger partial charge in [-0.15, -0.1) is 0 Å². The molecule has 1 amide bonds. The molecule has 0 radical (unpaired) electrons. The molecular formula is C42H55F2N3O5. The normalized spacial score (nSPS) is 42.5. The SMILES string of the molecule is CC(=O)N(Cc1cc(F)cc(F)c1)CC1CC(C)C2C(O1)C(O)C1(N)C3CCC4C(C)(C)C(OC(=O)Cc5cccnc5)CCC45CC35CCC21C. The Balaban J connectivity index is 1.00. The monoisotopic (exact) mass is 719 g/mol. The van der Waals surface area contributed by atoms with E-state index in [4.69, 9.17) is 15.2 Å². The Bertz CT molecular complexity index is 1720. The summed E-state index contributed by atoms with van der Waals surface area (Å²) in [5.41, 5.74) is 7.85. The minimum Gasteiger partial charge on any atom is -0.462 e. The summed E-state index contributed by atoms with van der Waals surface area (Å²) in [6.45, 7) is 10.9. The van der Waals surface area contributed by atoms with Gasteiger partial charge in [0.1, 0.15) is 17.7 Å². The van der Waals surface area contributed by atoms with Crippen LogP contribution in [-0.2, 0) is 32.0 Å². The summed E-state index contributed by atoms with van der Waals surface area (Å²) in [6.07, 6.45) is 9.41. The van der Waals surface area contributed by atoms with Crippen molar-refractivity contribution in [2.75, 3.05) is 6.54 Å². The quantitative estimate of drug-likeness (QED) is 0.320. The number of amides is 1. The maximum atomic E-state index is 14.0. The standard InChI is InChI=1S/C42H55F2N3O5/c1-24-15-30(22-47(25(2)48)21-27-16-28(43)19-29(44)17-27)51-36-35(24)39(5)12-13-41-23-40(41)11-10-33(52-34(49)18-26-7-6-14-46-20-26)38(3,4)31(40)8-9-32(41)42(39,45)37(36)50/h6-7,14,16-17,19-20,24,30-33,35-37,50H,8-13,15,18,21-23,45H2,1-5H3. The topological polar surface area (TPSA) is 115 Å². The second kappa shape index (κ2) is 12.3. The second-order valence-corrected chi connectivity index (χ2v) is 18.5. The fourth-order valence-corrected chi connectivity index (χ4v) is 13.7. The predicted molar refractivity (Wildman–Crippen MR) is 190 cm³/mol. The zero-order valence-corrected chi connectivity index (χ0v) is 31.2. The fraction of sp³-hybridized carbons (Fsp3) is 0.690. The summed E-state index contributed by atoms with van der Waals surface area (Å²) in [5, 5.41) is 12.5. The average Bonchev–Trinajstić information content (AvgIpc) is 3.70. The number of carbonyl (C=O) groups is 2. The van der Waals surface area contributed by atoms with Crippen molar-refractivity contribution >= 4 is 11.9 Å². The molecule has 1 aromatic heterocycles. The number of rotatable bonds is 7. The van der Waals surface area contributed by atoms with E-state index in [1.807, 2.05) is 12.1 Å². The van der Waals surface area contributed by atoms with Gasteiger partial charge in [-0.3, -0.25) is 14.6 Å². The number of benzene rings is 1. The van der Waals surface area contributed by atoms with Gasteiger partial charge in [0.25, 0.3) is 0 Å². The lowest BCUT2D eigenvalue weighted by Crippen LogP contribution is -2.70. The van der Waals surface area contributed by atoms with Crippen LogP contribution in [0.25, 0.3) is 0 Å². The van der Waals surface area contributed by atoms with E-state index >= 15 is 0 Å². The van der Waals surface area contributed by atoms with E-state index in [1.54, 1.807) is 17.3 Å². The summed E-state index contributed by atoms with van der Waals surface area (Å²) >= 11 is 0. The van der Waals surface area contributed by atoms with Gasteiger partial charge in [-0.2, -0.15) is 0 Å². The van der Waals surface area contributed by atoms with Crippen molar-refractivity contribution in [3.05, 3.63) is 65.5 Å². The Morgan fingerprint density at radius 1 is 1.04 bits per heavy atom. The van der Waals surface area contributed by atoms with Crippen LogP contribution in [0, 0.1) is 57.0 Å². The van der Waals surface area contributed by atoms with E-state index in [2.05, 4.69) is 32.7 Å². The number of hydrogen-bond donors (Lipinski definition) is 2. The van der Waals surface area contributed by atoms with Crippen molar-refractivity contribution in [3.8, 4) is 0 Å². The number of aliphatic hydroxyl groups excluding tert-OH is 1. The molecule has 12 unspecified atom stereocenters. The molecule has 2 aromatic rings. The highest BCUT2D eigenvalue weighted by Crippen LogP contribution is 2.87. The molecule has 8 nitrogen and oxygen atoms in total. The molecule has 1 aromatic carbocycles. The summed E-state index contributed by atoms with van der Waals surface area (Å²) in [5.74, 6) is -0.933. The lowest BCUT2D eigenvalue weighted by atomic mass is 9.43. The van der Waals surface area contributed by atoms with Crippen LogP contribution >= 0.6 is 0 Å². The van der Waals surface area contributed by atoms with Crippen LogP contribution in [0.1, 0.15) is 97.1 Å². The first-order valence-electron chi connectivity index (χ1n) is 19.5. The predicted octanol–water partition coefficient (Wildman–Crippen LogP) is 6.37. The van der Waals surface area contributed by atoms with Crippen molar-refractivity contribution < 1.29 is 33.0 Å². The Kier molecular flexibility index (Phi) is 8.52. The first-order chi connectivity index (χ1) is 24.6. The Morgan fingerprint density at radius 2 is 1.75 bits per heavy atom. The van der Waals surface area contributed by atoms with Gasteiger partial charge in [0.05, 0.1) is 30.3 Å². The van der Waals surface area contributed by atoms with Gasteiger partial charge in [-0.25, -0.2) is 8.78 Å². The Hall–Kier alpha value is -2.95. The molecule has 5 saturated carbocycles. The molecular weight excluding hydrogens is 664 g/mol. The highest BCUT2D eigenvalue weighted by atomic mass is 19.1. The van der Waals surface area contributed by atoms with Gasteiger partial charge in [-0.1, -0.05) is 33.8 Å². The molecule has 12 atom stereocenters. The number of aromatic nitrogens is 1. The lowest BCUT2D eigenvalue weighted by Gasteiger charge is -2.63. The molecule has 1 aliphatic heterocycles. The minimum absolute atomic E-state index is 0.0505. The second-order valence-electron chi connectivity index (χ2n) is 18.5. The van der Waals surface area contributed by atoms with Crippen molar-refractivity contribution in [1.82, 2.24) is 9.88 Å². The minimum atomic E-state index is -0.856. The number of nitrogens with zero attached hydrogens (tertiary/aromatic N) is 2. The zero-order valence-electron chi connectivity index (χ0n) is 31.2. The van der Waals surface area contributed by atoms with Crippen LogP contribution in [0.3, 0.4) is 0 Å². The number of aliphatic hydroxyl groups is 1. The molecule has 6 fully saturated rings. The summed E-state index contributed by atoms with van der Waals surface area (Å²) in [6, 6.07) is 7.08. The largest absolute Gasteiger partial charge is 0.462 e. The molecule has 10 heteroatoms. The van der Waals surface area contributed by atoms with E-state index in [9.17, 15) is 23.5 Å². The first-order valence-corrected chi connectivity index (χ1v) is 19.5. The Morgan fingerprint density at radius 3 is 2.44 bits per heavy atom. The summed E-state index contributed by atoms with van der Waals surface area (Å²) in [7, 11) is 0. The molecule has 6 aliphatic rings. The summed E-state index contributed by atoms with van der Waals surface area (Å²) in [4.78, 5) is 31.6. The van der Waals surface area contributed by atoms with E-state index in [-0.39, 0.29) is 83.0 Å². The lowest BCUT2D eigenvalue weighted by molar-refractivity contribution is -0.179. The maximum Gasteiger partial charge on any atom is 0.310 e. The third kappa shape index (κ3) is 5.16. The van der Waals surface area contributed by atoms with Crippen LogP contribution in [-0.4, -0.2) is 63.4 Å². The zero-order chi connectivity index (χ0) is 37.0. The highest BCUT2D eigenvalue weighted by molar-refractivity contribution is 5.73. The van der Waals surface area contributed by atoms with Crippen molar-refractivity contribution in [2.24, 2.45) is 51.1 Å². The van der Waals surface area contributed by atoms with Gasteiger partial charge in [0.15, 0.2) is 0 Å². The van der Waals surface area contributed by atoms with Gasteiger partial charge < -0.3 is 25.2 Å². The average molecular weight is 720 g/mol. The van der Waals surface area contributed by atoms with Gasteiger partial charge in [-0.05, 0) is 121 Å². The molecule has 8 rings (SSSR count). The van der Waals surface area contributed by atoms with Crippen LogP contribution in [0.15, 0.2) is 42.7 Å². The van der Waals surface area contributed by atoms with Crippen molar-refractivity contribution in [3.63, 3.8) is 0 Å². The van der Waals surface area contributed by atoms with E-state index in [0.29, 0.717) is 17.9 Å². The van der Waals surface area contributed by atoms with Crippen LogP contribution < -0.4 is 5.73 Å². The smallest absolute Gasteiger partial charge is 0.310 e. The summed E-state index contributed by atoms with van der Waals surface area (Å²) < 4.78 is 41.0. The van der Waals surface area contributed by atoms with Crippen LogP contribution in [0.5, 0.6) is 0 Å². The van der Waals surface area contributed by atoms with E-state index in [0.717, 1.165) is 56.6 Å². The number of pyridine rings is 1. The molecule has 0 bridgehead atoms. The number of carbonyl (C=O) groups excluding carboxylic acids is 2. The van der Waals surface area contributed by atoms with Crippen LogP contribution in [0.2, 0.25) is 0 Å². The van der Waals surface area contributed by atoms with Gasteiger partial charge in [0, 0.05) is 43.9 Å². The van der Waals surface area contributed by atoms with Crippen LogP contribution in [0.4, 0.5) is 8.78 Å². The molecule has 1 saturated heterocycles. The number of halogens is 2. The van der Waals surface area contributed by atoms with Gasteiger partial charge >= 0.3 is 5.97 Å². The van der Waals surface area contributed by atoms with Crippen molar-refractivity contribution in [1.29, 1.82) is 0 Å². The van der Waals surface area contributed by atoms with E-state index < -0.39 is 29.4 Å². The van der Waals surface area contributed by atoms with E-state index in [1.165, 1.54) is 19.1 Å². The first kappa shape index (κ1) is 36.0. The molecule has 5 aliphatic carbocycles. The van der Waals surface area contributed by atoms with Gasteiger partial charge in [0.2, 0.25) is 5.91 Å². The maximum absolute atomic E-state index is 14.0. The molecule has 52 heavy (non-hydrogen) atoms. The highest BCUT2D eigenvalue weighted by Gasteiger charge is 2.85. The van der Waals surface area contributed by atoms with Crippen molar-refractivity contribution in [2.45, 2.75) is 129 Å². The molecule has 282 valence electrons. The number of esters is 1. The molecule has 2 heterocycles. The Labute approximate surface area is 306 Å². The third-order valence-electron chi connectivity index (χ3n) is 15.8. The fourth-order valence-electron chi connectivity index (χ4n) is 13.7. The molecule has 3 N–H and O–H groups in total. The number of hydrogen-bond acceptors (Lipinski definition) is 7. The number of fused-ring (bicyclic) bond motifs is 4.